The van der Waals surface area contributed by atoms with E-state index < -0.39 is 24.0 Å². The Morgan fingerprint density at radius 2 is 1.53 bits per heavy atom. The zero-order valence-corrected chi connectivity index (χ0v) is 19.4. The van der Waals surface area contributed by atoms with Crippen molar-refractivity contribution < 1.29 is 19.1 Å². The molecule has 7 nitrogen and oxygen atoms in total. The van der Waals surface area contributed by atoms with E-state index >= 15 is 0 Å². The third-order valence-corrected chi connectivity index (χ3v) is 6.13. The molecule has 2 atom stereocenters. The van der Waals surface area contributed by atoms with E-state index in [4.69, 9.17) is 27.9 Å². The zero-order valence-electron chi connectivity index (χ0n) is 17.9. The summed E-state index contributed by atoms with van der Waals surface area (Å²) in [6.45, 7) is 3.38. The number of hydrogen-bond acceptors (Lipinski definition) is 5. The molecule has 170 valence electrons. The monoisotopic (exact) mass is 477 g/mol. The summed E-state index contributed by atoms with van der Waals surface area (Å²) >= 11 is 12.4. The molecule has 2 aromatic carbocycles. The molecule has 0 unspecified atom stereocenters. The van der Waals surface area contributed by atoms with Crippen LogP contribution < -0.4 is 5.32 Å². The molecule has 2 amide bonds. The van der Waals surface area contributed by atoms with Crippen LogP contribution in [0.15, 0.2) is 48.5 Å². The smallest absolute Gasteiger partial charge is 0.327 e. The molecule has 1 aliphatic heterocycles. The van der Waals surface area contributed by atoms with Crippen LogP contribution in [0, 0.1) is 0 Å². The van der Waals surface area contributed by atoms with E-state index in [0.717, 1.165) is 0 Å². The van der Waals surface area contributed by atoms with Gasteiger partial charge in [0.1, 0.15) is 12.1 Å². The number of benzene rings is 2. The van der Waals surface area contributed by atoms with Crippen LogP contribution in [-0.2, 0) is 14.3 Å². The van der Waals surface area contributed by atoms with Gasteiger partial charge < -0.3 is 15.0 Å². The van der Waals surface area contributed by atoms with Crippen LogP contribution in [-0.4, -0.2) is 66.9 Å². The highest BCUT2D eigenvalue weighted by molar-refractivity contribution is 6.33. The fraction of sp³-hybridized carbons (Fsp3) is 0.348. The first-order valence-electron chi connectivity index (χ1n) is 10.2. The van der Waals surface area contributed by atoms with Crippen LogP contribution in [0.25, 0.3) is 0 Å². The summed E-state index contributed by atoms with van der Waals surface area (Å²) in [6.07, 6.45) is 0. The van der Waals surface area contributed by atoms with Gasteiger partial charge in [0.25, 0.3) is 5.91 Å². The molecular weight excluding hydrogens is 453 g/mol. The molecule has 1 fully saturated rings. The average molecular weight is 478 g/mol. The highest BCUT2D eigenvalue weighted by Crippen LogP contribution is 2.29. The van der Waals surface area contributed by atoms with Gasteiger partial charge in [-0.1, -0.05) is 53.5 Å². The highest BCUT2D eigenvalue weighted by atomic mass is 35.5. The largest absolute Gasteiger partial charge is 0.468 e. The van der Waals surface area contributed by atoms with Gasteiger partial charge in [-0.25, -0.2) is 4.79 Å². The molecule has 1 saturated heterocycles. The van der Waals surface area contributed by atoms with E-state index in [1.165, 1.54) is 7.11 Å². The Morgan fingerprint density at radius 3 is 2.12 bits per heavy atom. The first-order chi connectivity index (χ1) is 15.3. The molecule has 0 aliphatic carbocycles. The van der Waals surface area contributed by atoms with Gasteiger partial charge in [-0.3, -0.25) is 14.5 Å². The maximum absolute atomic E-state index is 12.9. The van der Waals surface area contributed by atoms with E-state index in [1.807, 2.05) is 11.0 Å². The molecule has 0 bridgehead atoms. The van der Waals surface area contributed by atoms with E-state index in [1.54, 1.807) is 54.3 Å². The second kappa shape index (κ2) is 10.8. The number of hydrogen-bond donors (Lipinski definition) is 1. The van der Waals surface area contributed by atoms with Gasteiger partial charge >= 0.3 is 5.97 Å². The van der Waals surface area contributed by atoms with Crippen LogP contribution in [0.3, 0.4) is 0 Å². The molecule has 1 N–H and O–H groups in total. The number of carbonyl (C=O) groups is 3. The molecule has 2 aromatic rings. The van der Waals surface area contributed by atoms with Crippen molar-refractivity contribution in [2.45, 2.75) is 19.0 Å². The van der Waals surface area contributed by atoms with Crippen molar-refractivity contribution >= 4 is 41.0 Å². The lowest BCUT2D eigenvalue weighted by atomic mass is 10.0. The summed E-state index contributed by atoms with van der Waals surface area (Å²) in [6, 6.07) is 12.5. The molecule has 3 rings (SSSR count). The molecule has 0 aromatic heterocycles. The zero-order chi connectivity index (χ0) is 23.3. The normalized spacial score (nSPS) is 16.2. The van der Waals surface area contributed by atoms with Crippen LogP contribution in [0.2, 0.25) is 10.0 Å². The molecule has 1 aliphatic rings. The second-order valence-corrected chi connectivity index (χ2v) is 8.30. The number of amides is 2. The van der Waals surface area contributed by atoms with Gasteiger partial charge in [0.05, 0.1) is 17.7 Å². The average Bonchev–Trinajstić information content (AvgIpc) is 2.80. The molecule has 0 spiro atoms. The minimum Gasteiger partial charge on any atom is -0.468 e. The number of piperazine rings is 1. The lowest BCUT2D eigenvalue weighted by molar-refractivity contribution is -0.148. The van der Waals surface area contributed by atoms with Crippen molar-refractivity contribution in [3.05, 3.63) is 69.7 Å². The van der Waals surface area contributed by atoms with Gasteiger partial charge in [-0.05, 0) is 30.7 Å². The summed E-state index contributed by atoms with van der Waals surface area (Å²) in [4.78, 5) is 41.5. The van der Waals surface area contributed by atoms with Gasteiger partial charge in [0.2, 0.25) is 5.91 Å². The Balaban J connectivity index is 1.63. The van der Waals surface area contributed by atoms with E-state index in [9.17, 15) is 14.4 Å². The SMILES string of the molecule is COC(=O)[C@@H](c1ccccc1Cl)N1CCN(C(=O)[C@H](C)NC(=O)c2ccccc2Cl)CC1. The predicted octanol–water partition coefficient (Wildman–Crippen LogP) is 3.17. The minimum atomic E-state index is -0.717. The number of nitrogens with one attached hydrogen (secondary N) is 1. The fourth-order valence-electron chi connectivity index (χ4n) is 3.74. The van der Waals surface area contributed by atoms with Crippen molar-refractivity contribution in [3.63, 3.8) is 0 Å². The standard InChI is InChI=1S/C23H25Cl2N3O4/c1-15(26-21(29)17-8-4-6-10-19(17)25)22(30)28-13-11-27(12-14-28)20(23(31)32-2)16-7-3-5-9-18(16)24/h3-10,15,20H,11-14H2,1-2H3,(H,26,29)/t15-,20+/m0/s1. The lowest BCUT2D eigenvalue weighted by Gasteiger charge is -2.39. The molecular formula is C23H25Cl2N3O4. The summed E-state index contributed by atoms with van der Waals surface area (Å²) < 4.78 is 5.00. The lowest BCUT2D eigenvalue weighted by Crippen LogP contribution is -2.55. The summed E-state index contributed by atoms with van der Waals surface area (Å²) in [5.41, 5.74) is 0.987. The number of halogens is 2. The molecule has 0 radical (unpaired) electrons. The van der Waals surface area contributed by atoms with E-state index in [-0.39, 0.29) is 5.91 Å². The Labute approximate surface area is 197 Å². The van der Waals surface area contributed by atoms with Crippen LogP contribution in [0.1, 0.15) is 28.9 Å². The van der Waals surface area contributed by atoms with Crippen molar-refractivity contribution in [3.8, 4) is 0 Å². The van der Waals surface area contributed by atoms with Gasteiger partial charge in [-0.2, -0.15) is 0 Å². The van der Waals surface area contributed by atoms with Crippen LogP contribution in [0.5, 0.6) is 0 Å². The number of rotatable bonds is 6. The Morgan fingerprint density at radius 1 is 0.938 bits per heavy atom. The third kappa shape index (κ3) is 5.41. The first kappa shape index (κ1) is 24.0. The molecule has 32 heavy (non-hydrogen) atoms. The van der Waals surface area contributed by atoms with Crippen molar-refractivity contribution in [2.24, 2.45) is 0 Å². The maximum Gasteiger partial charge on any atom is 0.327 e. The number of esters is 1. The second-order valence-electron chi connectivity index (χ2n) is 7.48. The van der Waals surface area contributed by atoms with Crippen molar-refractivity contribution in [1.82, 2.24) is 15.1 Å². The summed E-state index contributed by atoms with van der Waals surface area (Å²) in [5.74, 6) is -1.00. The van der Waals surface area contributed by atoms with Crippen LogP contribution in [0.4, 0.5) is 0 Å². The van der Waals surface area contributed by atoms with Gasteiger partial charge in [-0.15, -0.1) is 0 Å². The first-order valence-corrected chi connectivity index (χ1v) is 11.0. The maximum atomic E-state index is 12.9. The quantitative estimate of drug-likeness (QED) is 0.646. The Bertz CT molecular complexity index is 993. The number of nitrogens with zero attached hydrogens (tertiary/aromatic N) is 2. The Hall–Kier alpha value is -2.61. The molecule has 1 heterocycles. The predicted molar refractivity (Wildman–Crippen MR) is 123 cm³/mol. The summed E-state index contributed by atoms with van der Waals surface area (Å²) in [7, 11) is 1.34. The van der Waals surface area contributed by atoms with Crippen LogP contribution >= 0.6 is 23.2 Å². The number of ether oxygens (including phenoxy) is 1. The van der Waals surface area contributed by atoms with Crippen molar-refractivity contribution in [1.29, 1.82) is 0 Å². The molecule has 9 heteroatoms. The number of carbonyl (C=O) groups excluding carboxylic acids is 3. The molecule has 0 saturated carbocycles. The van der Waals surface area contributed by atoms with E-state index in [2.05, 4.69) is 5.32 Å². The van der Waals surface area contributed by atoms with Gasteiger partial charge in [0, 0.05) is 31.2 Å². The minimum absolute atomic E-state index is 0.197. The van der Waals surface area contributed by atoms with E-state index in [0.29, 0.717) is 47.4 Å². The summed E-state index contributed by atoms with van der Waals surface area (Å²) in [5, 5.41) is 3.52. The Kier molecular flexibility index (Phi) is 8.12. The third-order valence-electron chi connectivity index (χ3n) is 5.45. The van der Waals surface area contributed by atoms with Crippen molar-refractivity contribution in [2.75, 3.05) is 33.3 Å². The highest BCUT2D eigenvalue weighted by Gasteiger charge is 2.34. The fourth-order valence-corrected chi connectivity index (χ4v) is 4.20. The number of methoxy groups -OCH3 is 1. The topological polar surface area (TPSA) is 79.0 Å². The van der Waals surface area contributed by atoms with Gasteiger partial charge in [0.15, 0.2) is 0 Å².